The number of carbonyl (C=O) groups is 1. The van der Waals surface area contributed by atoms with Crippen LogP contribution in [0.4, 0.5) is 0 Å². The number of hydrogen-bond donors (Lipinski definition) is 2. The maximum Gasteiger partial charge on any atom is 1.00 e. The third kappa shape index (κ3) is 5.92. The van der Waals surface area contributed by atoms with Gasteiger partial charge in [0.15, 0.2) is 5.44 Å². The van der Waals surface area contributed by atoms with E-state index < -0.39 is 27.9 Å². The molecule has 1 amide bonds. The molecule has 0 rings (SSSR count). The van der Waals surface area contributed by atoms with E-state index in [9.17, 15) is 17.8 Å². The standard InChI is InChI=1S/C4H9NO5S.Na/c1-5-3(6)2-4(7)11(8,9)10;/h4,7H,2H2,1H3,(H,5,6)(H,8,9,10);/q;+1/p-1. The van der Waals surface area contributed by atoms with E-state index in [1.807, 2.05) is 0 Å². The third-order valence-electron chi connectivity index (χ3n) is 0.972. The Hall–Kier alpha value is 0.340. The third-order valence-corrected chi connectivity index (χ3v) is 1.81. The summed E-state index contributed by atoms with van der Waals surface area (Å²) in [6.07, 6.45) is -0.720. The van der Waals surface area contributed by atoms with Crippen LogP contribution in [0, 0.1) is 0 Å². The van der Waals surface area contributed by atoms with E-state index in [4.69, 9.17) is 5.11 Å². The first-order chi connectivity index (χ1) is 4.88. The summed E-state index contributed by atoms with van der Waals surface area (Å²) in [6, 6.07) is 0. The van der Waals surface area contributed by atoms with Crippen LogP contribution in [0.5, 0.6) is 0 Å². The van der Waals surface area contributed by atoms with Gasteiger partial charge in [0.2, 0.25) is 5.91 Å². The fourth-order valence-electron chi connectivity index (χ4n) is 0.363. The van der Waals surface area contributed by atoms with Gasteiger partial charge < -0.3 is 15.0 Å². The van der Waals surface area contributed by atoms with Crippen molar-refractivity contribution >= 4 is 16.0 Å². The average Bonchev–Trinajstić information content (AvgIpc) is 1.85. The van der Waals surface area contributed by atoms with Crippen LogP contribution in [0.1, 0.15) is 6.42 Å². The Morgan fingerprint density at radius 3 is 2.33 bits per heavy atom. The summed E-state index contributed by atoms with van der Waals surface area (Å²) >= 11 is 0. The Labute approximate surface area is 92.4 Å². The van der Waals surface area contributed by atoms with Gasteiger partial charge in [-0.1, -0.05) is 0 Å². The first kappa shape index (κ1) is 14.8. The minimum Gasteiger partial charge on any atom is -0.746 e. The van der Waals surface area contributed by atoms with Crippen molar-refractivity contribution in [2.45, 2.75) is 11.9 Å². The summed E-state index contributed by atoms with van der Waals surface area (Å²) in [5.41, 5.74) is -2.15. The molecule has 0 aliphatic heterocycles. The predicted molar refractivity (Wildman–Crippen MR) is 34.4 cm³/mol. The van der Waals surface area contributed by atoms with Gasteiger partial charge in [-0.05, 0) is 0 Å². The Morgan fingerprint density at radius 1 is 1.67 bits per heavy atom. The SMILES string of the molecule is CNC(=O)CC(O)S(=O)(=O)[O-].[Na+]. The van der Waals surface area contributed by atoms with E-state index in [1.54, 1.807) is 0 Å². The second kappa shape index (κ2) is 5.90. The van der Waals surface area contributed by atoms with Crippen molar-refractivity contribution in [1.82, 2.24) is 5.32 Å². The van der Waals surface area contributed by atoms with Crippen molar-refractivity contribution in [3.05, 3.63) is 0 Å². The topological polar surface area (TPSA) is 107 Å². The zero-order chi connectivity index (χ0) is 9.07. The normalized spacial score (nSPS) is 12.9. The molecule has 0 aliphatic rings. The quantitative estimate of drug-likeness (QED) is 0.354. The van der Waals surface area contributed by atoms with Crippen molar-refractivity contribution in [2.75, 3.05) is 7.05 Å². The van der Waals surface area contributed by atoms with Crippen LogP contribution in [0.25, 0.3) is 0 Å². The molecular formula is C4H8NNaO5S. The Morgan fingerprint density at radius 2 is 2.08 bits per heavy atom. The van der Waals surface area contributed by atoms with Crippen molar-refractivity contribution < 1.29 is 52.4 Å². The largest absolute Gasteiger partial charge is 1.00 e. The van der Waals surface area contributed by atoms with E-state index in [1.165, 1.54) is 7.05 Å². The van der Waals surface area contributed by atoms with Crippen molar-refractivity contribution in [3.63, 3.8) is 0 Å². The van der Waals surface area contributed by atoms with E-state index in [-0.39, 0.29) is 29.6 Å². The van der Waals surface area contributed by atoms with Crippen LogP contribution in [0.15, 0.2) is 0 Å². The number of aliphatic hydroxyl groups excluding tert-OH is 1. The van der Waals surface area contributed by atoms with E-state index in [0.29, 0.717) is 0 Å². The van der Waals surface area contributed by atoms with Crippen molar-refractivity contribution in [3.8, 4) is 0 Å². The second-order valence-electron chi connectivity index (χ2n) is 1.82. The number of carbonyl (C=O) groups excluding carboxylic acids is 1. The molecule has 12 heavy (non-hydrogen) atoms. The molecule has 8 heteroatoms. The van der Waals surface area contributed by atoms with Crippen LogP contribution in [-0.2, 0) is 14.9 Å². The minimum absolute atomic E-state index is 0. The number of amides is 1. The molecule has 0 aliphatic carbocycles. The van der Waals surface area contributed by atoms with E-state index in [0.717, 1.165) is 0 Å². The molecule has 1 atom stereocenters. The second-order valence-corrected chi connectivity index (χ2v) is 3.35. The minimum atomic E-state index is -4.76. The molecule has 0 aromatic carbocycles. The van der Waals surface area contributed by atoms with Crippen LogP contribution in [0.2, 0.25) is 0 Å². The van der Waals surface area contributed by atoms with Gasteiger partial charge in [0, 0.05) is 7.05 Å². The summed E-state index contributed by atoms with van der Waals surface area (Å²) in [5.74, 6) is -0.697. The maximum absolute atomic E-state index is 10.4. The van der Waals surface area contributed by atoms with Gasteiger partial charge in [-0.25, -0.2) is 8.42 Å². The molecule has 0 bridgehead atoms. The smallest absolute Gasteiger partial charge is 0.746 e. The molecule has 0 aromatic rings. The molecule has 6 nitrogen and oxygen atoms in total. The number of aliphatic hydroxyl groups is 1. The average molecular weight is 205 g/mol. The van der Waals surface area contributed by atoms with Crippen molar-refractivity contribution in [1.29, 1.82) is 0 Å². The van der Waals surface area contributed by atoms with Crippen LogP contribution < -0.4 is 34.9 Å². The first-order valence-electron chi connectivity index (χ1n) is 2.71. The summed E-state index contributed by atoms with van der Waals surface area (Å²) in [6.45, 7) is 0. The van der Waals surface area contributed by atoms with Crippen LogP contribution >= 0.6 is 0 Å². The monoisotopic (exact) mass is 205 g/mol. The fraction of sp³-hybridized carbons (Fsp3) is 0.750. The van der Waals surface area contributed by atoms with Crippen LogP contribution in [0.3, 0.4) is 0 Å². The van der Waals surface area contributed by atoms with Crippen molar-refractivity contribution in [2.24, 2.45) is 0 Å². The van der Waals surface area contributed by atoms with Crippen LogP contribution in [-0.4, -0.2) is 36.5 Å². The summed E-state index contributed by atoms with van der Waals surface area (Å²) in [4.78, 5) is 10.4. The molecule has 0 heterocycles. The molecule has 0 saturated heterocycles. The molecular weight excluding hydrogens is 197 g/mol. The maximum atomic E-state index is 10.4. The Balaban J connectivity index is 0. The first-order valence-corrected chi connectivity index (χ1v) is 4.18. The molecule has 2 N–H and O–H groups in total. The fourth-order valence-corrected chi connectivity index (χ4v) is 0.718. The zero-order valence-corrected chi connectivity index (χ0v) is 9.59. The molecule has 0 spiro atoms. The number of hydrogen-bond acceptors (Lipinski definition) is 5. The molecule has 1 unspecified atom stereocenters. The Bertz CT molecular complexity index is 238. The summed E-state index contributed by atoms with van der Waals surface area (Å²) in [5, 5.41) is 10.6. The zero-order valence-electron chi connectivity index (χ0n) is 6.77. The molecule has 0 saturated carbocycles. The summed E-state index contributed by atoms with van der Waals surface area (Å²) in [7, 11) is -3.49. The molecule has 0 fully saturated rings. The molecule has 66 valence electrons. The van der Waals surface area contributed by atoms with Gasteiger partial charge in [0.25, 0.3) is 0 Å². The number of rotatable bonds is 3. The van der Waals surface area contributed by atoms with Gasteiger partial charge in [-0.2, -0.15) is 0 Å². The van der Waals surface area contributed by atoms with Gasteiger partial charge in [-0.15, -0.1) is 0 Å². The van der Waals surface area contributed by atoms with E-state index >= 15 is 0 Å². The Kier molecular flexibility index (Phi) is 7.29. The predicted octanol–water partition coefficient (Wildman–Crippen LogP) is -5.01. The summed E-state index contributed by atoms with van der Waals surface area (Å²) < 4.78 is 30.0. The van der Waals surface area contributed by atoms with Gasteiger partial charge in [0.1, 0.15) is 10.1 Å². The molecule has 0 radical (unpaired) electrons. The van der Waals surface area contributed by atoms with Gasteiger partial charge in [0.05, 0.1) is 6.42 Å². The van der Waals surface area contributed by atoms with Gasteiger partial charge >= 0.3 is 29.6 Å². The number of nitrogens with one attached hydrogen (secondary N) is 1. The van der Waals surface area contributed by atoms with E-state index in [2.05, 4.69) is 5.32 Å². The van der Waals surface area contributed by atoms with Gasteiger partial charge in [-0.3, -0.25) is 4.79 Å². The molecule has 0 aromatic heterocycles.